The molecule has 0 fully saturated rings. The van der Waals surface area contributed by atoms with E-state index >= 15 is 0 Å². The number of carbonyl (C=O) groups is 1. The maximum atomic E-state index is 12.6. The Balaban J connectivity index is 2.98. The number of halogens is 5. The number of Topliss-reactive ketones (excluding diaryl/α,β-unsaturated/α-hetero) is 1. The van der Waals surface area contributed by atoms with Crippen molar-refractivity contribution in [1.29, 1.82) is 0 Å². The zero-order chi connectivity index (χ0) is 14.1. The van der Waals surface area contributed by atoms with Crippen LogP contribution < -0.4 is 5.73 Å². The van der Waals surface area contributed by atoms with Crippen LogP contribution in [0.2, 0.25) is 10.0 Å². The van der Waals surface area contributed by atoms with E-state index in [4.69, 9.17) is 28.9 Å². The number of benzene rings is 1. The van der Waals surface area contributed by atoms with E-state index in [0.717, 1.165) is 0 Å². The van der Waals surface area contributed by atoms with Crippen LogP contribution in [0, 0.1) is 0 Å². The van der Waals surface area contributed by atoms with Crippen LogP contribution in [0.5, 0.6) is 0 Å². The van der Waals surface area contributed by atoms with E-state index in [2.05, 4.69) is 0 Å². The fourth-order valence-corrected chi connectivity index (χ4v) is 1.57. The van der Waals surface area contributed by atoms with E-state index < -0.39 is 23.9 Å². The molecule has 0 heterocycles. The second-order valence-corrected chi connectivity index (χ2v) is 4.88. The fourth-order valence-electron chi connectivity index (χ4n) is 1.19. The third-order valence-corrected chi connectivity index (χ3v) is 3.13. The summed E-state index contributed by atoms with van der Waals surface area (Å²) in [6, 6.07) is 4.23. The summed E-state index contributed by atoms with van der Waals surface area (Å²) in [6.45, 7) is 0.633. The first-order valence-corrected chi connectivity index (χ1v) is 5.64. The van der Waals surface area contributed by atoms with E-state index in [-0.39, 0.29) is 15.6 Å². The topological polar surface area (TPSA) is 43.1 Å². The average Bonchev–Trinajstić information content (AvgIpc) is 2.21. The molecule has 0 radical (unpaired) electrons. The monoisotopic (exact) mass is 299 g/mol. The van der Waals surface area contributed by atoms with Gasteiger partial charge in [0.1, 0.15) is 0 Å². The Morgan fingerprint density at radius 1 is 1.33 bits per heavy atom. The molecule has 2 N–H and O–H groups in total. The van der Waals surface area contributed by atoms with Crippen molar-refractivity contribution in [3.8, 4) is 0 Å². The van der Waals surface area contributed by atoms with Crippen molar-refractivity contribution < 1.29 is 18.0 Å². The normalized spacial score (nSPS) is 15.3. The van der Waals surface area contributed by atoms with Gasteiger partial charge >= 0.3 is 6.18 Å². The largest absolute Gasteiger partial charge is 0.413 e. The van der Waals surface area contributed by atoms with Gasteiger partial charge in [-0.15, -0.1) is 0 Å². The molecule has 2 nitrogen and oxygen atoms in total. The molecular weight excluding hydrogens is 290 g/mol. The first-order valence-electron chi connectivity index (χ1n) is 4.88. The van der Waals surface area contributed by atoms with E-state index in [9.17, 15) is 18.0 Å². The molecule has 0 aliphatic rings. The molecule has 0 amide bonds. The summed E-state index contributed by atoms with van der Waals surface area (Å²) in [6.07, 6.45) is -5.33. The number of nitrogens with two attached hydrogens (primary N) is 1. The maximum Gasteiger partial charge on any atom is 0.413 e. The van der Waals surface area contributed by atoms with Crippen LogP contribution in [0.15, 0.2) is 18.2 Å². The van der Waals surface area contributed by atoms with Gasteiger partial charge in [-0.1, -0.05) is 23.2 Å². The number of alkyl halides is 3. The number of ketones is 1. The van der Waals surface area contributed by atoms with Crippen molar-refractivity contribution >= 4 is 29.0 Å². The van der Waals surface area contributed by atoms with Gasteiger partial charge in [0.25, 0.3) is 0 Å². The lowest BCUT2D eigenvalue weighted by molar-refractivity contribution is -0.185. The molecule has 100 valence electrons. The highest BCUT2D eigenvalue weighted by Gasteiger charge is 2.53. The standard InChI is InChI=1S/C11H10Cl2F3NO/c1-10(17,11(14,15)16)9(18)5-6-4-7(12)2-3-8(6)13/h2-4H,5,17H2,1H3. The summed E-state index contributed by atoms with van der Waals surface area (Å²) < 4.78 is 37.7. The predicted molar refractivity (Wildman–Crippen MR) is 63.8 cm³/mol. The minimum Gasteiger partial charge on any atom is -0.312 e. The Morgan fingerprint density at radius 3 is 2.39 bits per heavy atom. The molecule has 0 bridgehead atoms. The Morgan fingerprint density at radius 2 is 1.89 bits per heavy atom. The first-order chi connectivity index (χ1) is 8.05. The van der Waals surface area contributed by atoms with Gasteiger partial charge in [-0.25, -0.2) is 0 Å². The van der Waals surface area contributed by atoms with Gasteiger partial charge < -0.3 is 5.73 Å². The molecule has 0 aliphatic carbocycles. The van der Waals surface area contributed by atoms with Gasteiger partial charge in [-0.05, 0) is 30.7 Å². The number of hydrogen-bond acceptors (Lipinski definition) is 2. The van der Waals surface area contributed by atoms with E-state index in [0.29, 0.717) is 6.92 Å². The zero-order valence-electron chi connectivity index (χ0n) is 9.31. The molecule has 1 aromatic carbocycles. The second kappa shape index (κ2) is 5.07. The Kier molecular flexibility index (Phi) is 4.30. The lowest BCUT2D eigenvalue weighted by atomic mass is 9.92. The summed E-state index contributed by atoms with van der Waals surface area (Å²) in [7, 11) is 0. The van der Waals surface area contributed by atoms with E-state index in [1.807, 2.05) is 0 Å². The predicted octanol–water partition coefficient (Wildman–Crippen LogP) is 3.38. The minimum atomic E-state index is -4.81. The molecule has 1 aromatic rings. The second-order valence-electron chi connectivity index (χ2n) is 4.04. The zero-order valence-corrected chi connectivity index (χ0v) is 10.8. The van der Waals surface area contributed by atoms with Crippen molar-refractivity contribution in [3.63, 3.8) is 0 Å². The Labute approximate surface area is 112 Å². The van der Waals surface area contributed by atoms with Crippen LogP contribution in [0.4, 0.5) is 13.2 Å². The van der Waals surface area contributed by atoms with Crippen LogP contribution in [-0.2, 0) is 11.2 Å². The average molecular weight is 300 g/mol. The summed E-state index contributed by atoms with van der Waals surface area (Å²) >= 11 is 11.5. The first kappa shape index (κ1) is 15.3. The van der Waals surface area contributed by atoms with E-state index in [1.54, 1.807) is 0 Å². The van der Waals surface area contributed by atoms with Gasteiger partial charge in [0.15, 0.2) is 11.3 Å². The van der Waals surface area contributed by atoms with Crippen molar-refractivity contribution in [2.75, 3.05) is 0 Å². The van der Waals surface area contributed by atoms with E-state index in [1.165, 1.54) is 18.2 Å². The third kappa shape index (κ3) is 3.16. The quantitative estimate of drug-likeness (QED) is 0.930. The smallest absolute Gasteiger partial charge is 0.312 e. The molecule has 18 heavy (non-hydrogen) atoms. The van der Waals surface area contributed by atoms with Crippen LogP contribution in [0.3, 0.4) is 0 Å². The number of hydrogen-bond donors (Lipinski definition) is 1. The van der Waals surface area contributed by atoms with Crippen molar-refractivity contribution in [3.05, 3.63) is 33.8 Å². The van der Waals surface area contributed by atoms with Crippen LogP contribution in [-0.4, -0.2) is 17.5 Å². The van der Waals surface area contributed by atoms with Gasteiger partial charge in [0.05, 0.1) is 0 Å². The molecular formula is C11H10Cl2F3NO. The van der Waals surface area contributed by atoms with Crippen LogP contribution >= 0.6 is 23.2 Å². The Hall–Kier alpha value is -0.780. The van der Waals surface area contributed by atoms with Gasteiger partial charge in [0, 0.05) is 16.5 Å². The number of carbonyl (C=O) groups excluding carboxylic acids is 1. The molecule has 7 heteroatoms. The highest BCUT2D eigenvalue weighted by molar-refractivity contribution is 6.33. The maximum absolute atomic E-state index is 12.6. The molecule has 0 spiro atoms. The summed E-state index contributed by atoms with van der Waals surface area (Å²) in [5, 5.41) is 0.457. The summed E-state index contributed by atoms with van der Waals surface area (Å²) in [4.78, 5) is 11.6. The molecule has 0 saturated carbocycles. The molecule has 1 atom stereocenters. The van der Waals surface area contributed by atoms with Gasteiger partial charge in [-0.2, -0.15) is 13.2 Å². The summed E-state index contributed by atoms with van der Waals surface area (Å²) in [5.74, 6) is -1.17. The molecule has 0 aliphatic heterocycles. The Bertz CT molecular complexity index is 472. The molecule has 0 aromatic heterocycles. The SMILES string of the molecule is CC(N)(C(=O)Cc1cc(Cl)ccc1Cl)C(F)(F)F. The van der Waals surface area contributed by atoms with Gasteiger partial charge in [0.2, 0.25) is 0 Å². The van der Waals surface area contributed by atoms with Crippen molar-refractivity contribution in [2.24, 2.45) is 5.73 Å². The summed E-state index contributed by atoms with van der Waals surface area (Å²) in [5.41, 5.74) is 2.34. The lowest BCUT2D eigenvalue weighted by Crippen LogP contribution is -2.57. The fraction of sp³-hybridized carbons (Fsp3) is 0.364. The molecule has 1 unspecified atom stereocenters. The molecule has 1 rings (SSSR count). The van der Waals surface area contributed by atoms with Gasteiger partial charge in [-0.3, -0.25) is 4.79 Å². The van der Waals surface area contributed by atoms with Crippen LogP contribution in [0.25, 0.3) is 0 Å². The lowest BCUT2D eigenvalue weighted by Gasteiger charge is -2.26. The molecule has 0 saturated heterocycles. The minimum absolute atomic E-state index is 0.172. The van der Waals surface area contributed by atoms with Crippen LogP contribution in [0.1, 0.15) is 12.5 Å². The highest BCUT2D eigenvalue weighted by atomic mass is 35.5. The highest BCUT2D eigenvalue weighted by Crippen LogP contribution is 2.30. The number of rotatable bonds is 3. The van der Waals surface area contributed by atoms with Crippen molar-refractivity contribution in [1.82, 2.24) is 0 Å². The van der Waals surface area contributed by atoms with Crippen molar-refractivity contribution in [2.45, 2.75) is 25.1 Å². The third-order valence-electron chi connectivity index (χ3n) is 2.53.